The van der Waals surface area contributed by atoms with E-state index in [0.717, 1.165) is 5.69 Å². The van der Waals surface area contributed by atoms with E-state index in [-0.39, 0.29) is 5.78 Å². The minimum Gasteiger partial charge on any atom is -0.331 e. The average Bonchev–Trinajstić information content (AvgIpc) is 2.93. The number of thiocarbonyl (C=S) groups is 1. The highest BCUT2D eigenvalue weighted by Gasteiger charge is 2.02. The van der Waals surface area contributed by atoms with Crippen molar-refractivity contribution in [2.45, 2.75) is 0 Å². The van der Waals surface area contributed by atoms with Gasteiger partial charge in [0.2, 0.25) is 5.78 Å². The summed E-state index contributed by atoms with van der Waals surface area (Å²) in [7, 11) is 0. The van der Waals surface area contributed by atoms with Crippen LogP contribution in [0.25, 0.3) is 0 Å². The zero-order chi connectivity index (χ0) is 13.5. The van der Waals surface area contributed by atoms with E-state index in [1.54, 1.807) is 6.07 Å². The molecule has 0 bridgehead atoms. The Labute approximate surface area is 120 Å². The van der Waals surface area contributed by atoms with E-state index in [0.29, 0.717) is 9.99 Å². The summed E-state index contributed by atoms with van der Waals surface area (Å²) in [5.74, 6) is -0.148. The van der Waals surface area contributed by atoms with Gasteiger partial charge in [0.1, 0.15) is 0 Å². The van der Waals surface area contributed by atoms with Crippen LogP contribution in [0.5, 0.6) is 0 Å². The number of nitrogens with one attached hydrogen (secondary N) is 2. The van der Waals surface area contributed by atoms with Crippen LogP contribution < -0.4 is 10.7 Å². The lowest BCUT2D eigenvalue weighted by Crippen LogP contribution is -2.24. The van der Waals surface area contributed by atoms with E-state index in [2.05, 4.69) is 15.8 Å². The summed E-state index contributed by atoms with van der Waals surface area (Å²) >= 11 is 6.42. The fourth-order valence-corrected chi connectivity index (χ4v) is 2.11. The van der Waals surface area contributed by atoms with Crippen molar-refractivity contribution in [3.8, 4) is 0 Å². The van der Waals surface area contributed by atoms with Gasteiger partial charge in [-0.1, -0.05) is 24.3 Å². The molecular formula is C13H11N3OS2. The van der Waals surface area contributed by atoms with Gasteiger partial charge in [-0.15, -0.1) is 11.3 Å². The number of carbonyl (C=O) groups is 1. The van der Waals surface area contributed by atoms with Crippen molar-refractivity contribution in [2.24, 2.45) is 5.10 Å². The lowest BCUT2D eigenvalue weighted by Gasteiger charge is -2.05. The summed E-state index contributed by atoms with van der Waals surface area (Å²) in [5.41, 5.74) is 3.46. The maximum absolute atomic E-state index is 11.6. The Balaban J connectivity index is 1.82. The third kappa shape index (κ3) is 4.27. The standard InChI is InChI=1S/C13H11N3OS2/c17-11(12-7-4-8-19-12)9-14-16-13(18)15-10-5-2-1-3-6-10/h1-9H,(H2,15,16,18)/b14-9+. The maximum Gasteiger partial charge on any atom is 0.215 e. The van der Waals surface area contributed by atoms with Crippen molar-refractivity contribution in [3.05, 3.63) is 52.7 Å². The first-order valence-electron chi connectivity index (χ1n) is 5.48. The number of anilines is 1. The van der Waals surface area contributed by atoms with Crippen LogP contribution in [-0.4, -0.2) is 17.1 Å². The molecule has 0 fully saturated rings. The Morgan fingerprint density at radius 2 is 2.00 bits per heavy atom. The van der Waals surface area contributed by atoms with Gasteiger partial charge in [-0.2, -0.15) is 5.10 Å². The number of rotatable bonds is 4. The van der Waals surface area contributed by atoms with Gasteiger partial charge in [-0.3, -0.25) is 10.2 Å². The highest BCUT2D eigenvalue weighted by Crippen LogP contribution is 2.07. The molecule has 0 atom stereocenters. The number of Topliss-reactive ketones (excluding diaryl/α,β-unsaturated/α-hetero) is 1. The number of nitrogens with zero attached hydrogens (tertiary/aromatic N) is 1. The smallest absolute Gasteiger partial charge is 0.215 e. The number of thiophene rings is 1. The number of carbonyl (C=O) groups excluding carboxylic acids is 1. The molecule has 2 rings (SSSR count). The molecule has 2 N–H and O–H groups in total. The number of benzene rings is 1. The minimum atomic E-state index is -0.148. The topological polar surface area (TPSA) is 53.5 Å². The molecule has 19 heavy (non-hydrogen) atoms. The molecular weight excluding hydrogens is 278 g/mol. The predicted molar refractivity (Wildman–Crippen MR) is 82.9 cm³/mol. The summed E-state index contributed by atoms with van der Waals surface area (Å²) in [4.78, 5) is 12.2. The molecule has 1 aromatic heterocycles. The van der Waals surface area contributed by atoms with E-state index in [4.69, 9.17) is 12.2 Å². The third-order valence-electron chi connectivity index (χ3n) is 2.14. The van der Waals surface area contributed by atoms with Crippen molar-refractivity contribution in [2.75, 3.05) is 5.32 Å². The van der Waals surface area contributed by atoms with E-state index in [9.17, 15) is 4.79 Å². The van der Waals surface area contributed by atoms with E-state index >= 15 is 0 Å². The molecule has 96 valence electrons. The van der Waals surface area contributed by atoms with Crippen molar-refractivity contribution in [1.82, 2.24) is 5.43 Å². The van der Waals surface area contributed by atoms with Crippen LogP contribution in [0.2, 0.25) is 0 Å². The van der Waals surface area contributed by atoms with Gasteiger partial charge < -0.3 is 5.32 Å². The number of hydrogen-bond donors (Lipinski definition) is 2. The van der Waals surface area contributed by atoms with Crippen LogP contribution >= 0.6 is 23.6 Å². The zero-order valence-corrected chi connectivity index (χ0v) is 11.5. The molecule has 6 heteroatoms. The second-order valence-electron chi connectivity index (χ2n) is 3.53. The number of hydrogen-bond acceptors (Lipinski definition) is 4. The molecule has 0 amide bonds. The van der Waals surface area contributed by atoms with Crippen molar-refractivity contribution in [1.29, 1.82) is 0 Å². The first kappa shape index (κ1) is 13.4. The van der Waals surface area contributed by atoms with Gasteiger partial charge >= 0.3 is 0 Å². The maximum atomic E-state index is 11.6. The summed E-state index contributed by atoms with van der Waals surface area (Å²) in [5, 5.41) is 8.93. The van der Waals surface area contributed by atoms with Gasteiger partial charge in [0.15, 0.2) is 5.11 Å². The summed E-state index contributed by atoms with van der Waals surface area (Å²) in [6.07, 6.45) is 1.21. The molecule has 0 spiro atoms. The molecule has 1 heterocycles. The lowest BCUT2D eigenvalue weighted by atomic mass is 10.3. The molecule has 1 aromatic carbocycles. The molecule has 0 saturated carbocycles. The summed E-state index contributed by atoms with van der Waals surface area (Å²) < 4.78 is 0. The molecule has 0 aliphatic carbocycles. The minimum absolute atomic E-state index is 0.148. The second kappa shape index (κ2) is 6.77. The van der Waals surface area contributed by atoms with Gasteiger partial charge in [0.05, 0.1) is 11.1 Å². The van der Waals surface area contributed by atoms with Crippen molar-refractivity contribution < 1.29 is 4.79 Å². The van der Waals surface area contributed by atoms with Gasteiger partial charge in [-0.05, 0) is 35.8 Å². The van der Waals surface area contributed by atoms with E-state index in [1.165, 1.54) is 17.6 Å². The predicted octanol–water partition coefficient (Wildman–Crippen LogP) is 2.90. The highest BCUT2D eigenvalue weighted by molar-refractivity contribution is 7.80. The number of para-hydroxylation sites is 1. The molecule has 4 nitrogen and oxygen atoms in total. The lowest BCUT2D eigenvalue weighted by molar-refractivity contribution is 0.107. The van der Waals surface area contributed by atoms with E-state index < -0.39 is 0 Å². The van der Waals surface area contributed by atoms with Crippen molar-refractivity contribution >= 4 is 46.4 Å². The van der Waals surface area contributed by atoms with Crippen LogP contribution in [0.1, 0.15) is 9.67 Å². The van der Waals surface area contributed by atoms with Gasteiger partial charge in [0.25, 0.3) is 0 Å². The molecule has 2 aromatic rings. The summed E-state index contributed by atoms with van der Waals surface area (Å²) in [6, 6.07) is 13.0. The van der Waals surface area contributed by atoms with Crippen LogP contribution in [0.15, 0.2) is 52.9 Å². The third-order valence-corrected chi connectivity index (χ3v) is 3.22. The normalized spacial score (nSPS) is 10.3. The Kier molecular flexibility index (Phi) is 4.77. The van der Waals surface area contributed by atoms with Crippen molar-refractivity contribution in [3.63, 3.8) is 0 Å². The quantitative estimate of drug-likeness (QED) is 0.393. The Morgan fingerprint density at radius 3 is 2.68 bits per heavy atom. The van der Waals surface area contributed by atoms with Crippen LogP contribution in [0.4, 0.5) is 5.69 Å². The Bertz CT molecular complexity index is 579. The fourth-order valence-electron chi connectivity index (χ4n) is 1.31. The zero-order valence-electron chi connectivity index (χ0n) is 9.87. The first-order chi connectivity index (χ1) is 9.25. The van der Waals surface area contributed by atoms with Crippen LogP contribution in [0, 0.1) is 0 Å². The molecule has 0 unspecified atom stereocenters. The molecule has 0 aliphatic rings. The molecule has 0 radical (unpaired) electrons. The largest absolute Gasteiger partial charge is 0.331 e. The molecule has 0 saturated heterocycles. The average molecular weight is 289 g/mol. The Hall–Kier alpha value is -2.05. The number of hydrazone groups is 1. The highest BCUT2D eigenvalue weighted by atomic mass is 32.1. The van der Waals surface area contributed by atoms with Crippen LogP contribution in [0.3, 0.4) is 0 Å². The Morgan fingerprint density at radius 1 is 1.21 bits per heavy atom. The van der Waals surface area contributed by atoms with Crippen LogP contribution in [-0.2, 0) is 0 Å². The fraction of sp³-hybridized carbons (Fsp3) is 0. The van der Waals surface area contributed by atoms with E-state index in [1.807, 2.05) is 41.8 Å². The summed E-state index contributed by atoms with van der Waals surface area (Å²) in [6.45, 7) is 0. The monoisotopic (exact) mass is 289 g/mol. The first-order valence-corrected chi connectivity index (χ1v) is 6.77. The SMILES string of the molecule is O=C(/C=N/NC(=S)Nc1ccccc1)c1cccs1. The molecule has 0 aliphatic heterocycles. The van der Waals surface area contributed by atoms with Gasteiger partial charge in [-0.25, -0.2) is 0 Å². The number of ketones is 1. The second-order valence-corrected chi connectivity index (χ2v) is 4.89. The van der Waals surface area contributed by atoms with Gasteiger partial charge in [0, 0.05) is 5.69 Å².